The molecule has 0 aromatic rings. The Morgan fingerprint density at radius 2 is 1.93 bits per heavy atom. The highest BCUT2D eigenvalue weighted by molar-refractivity contribution is 4.73. The van der Waals surface area contributed by atoms with Gasteiger partial charge in [-0.25, -0.2) is 0 Å². The van der Waals surface area contributed by atoms with Gasteiger partial charge in [-0.3, -0.25) is 0 Å². The van der Waals surface area contributed by atoms with E-state index in [9.17, 15) is 0 Å². The predicted molar refractivity (Wildman–Crippen MR) is 66.8 cm³/mol. The fraction of sp³-hybridized carbons (Fsp3) is 1.00. The van der Waals surface area contributed by atoms with Gasteiger partial charge in [0.1, 0.15) is 0 Å². The lowest BCUT2D eigenvalue weighted by Gasteiger charge is -2.23. The molecule has 0 spiro atoms. The molecule has 15 heavy (non-hydrogen) atoms. The summed E-state index contributed by atoms with van der Waals surface area (Å²) in [4.78, 5) is 2.61. The molecular formula is C13H28N2. The lowest BCUT2D eigenvalue weighted by molar-refractivity contribution is 0.241. The van der Waals surface area contributed by atoms with Crippen molar-refractivity contribution in [2.45, 2.75) is 40.0 Å². The van der Waals surface area contributed by atoms with Crippen LogP contribution in [-0.2, 0) is 0 Å². The van der Waals surface area contributed by atoms with Crippen molar-refractivity contribution in [1.29, 1.82) is 0 Å². The molecule has 1 saturated heterocycles. The summed E-state index contributed by atoms with van der Waals surface area (Å²) in [5.41, 5.74) is 5.68. The number of likely N-dealkylation sites (tertiary alicyclic amines) is 1. The summed E-state index contributed by atoms with van der Waals surface area (Å²) in [5.74, 6) is 2.46. The average Bonchev–Trinajstić information content (AvgIpc) is 2.43. The molecule has 0 saturated carbocycles. The van der Waals surface area contributed by atoms with Crippen molar-refractivity contribution < 1.29 is 0 Å². The first-order valence-corrected chi connectivity index (χ1v) is 6.56. The summed E-state index contributed by atoms with van der Waals surface area (Å²) in [5, 5.41) is 0. The van der Waals surface area contributed by atoms with E-state index in [0.717, 1.165) is 18.4 Å². The summed E-state index contributed by atoms with van der Waals surface area (Å²) in [6, 6.07) is 0. The second kappa shape index (κ2) is 6.49. The van der Waals surface area contributed by atoms with Crippen molar-refractivity contribution in [2.75, 3.05) is 26.2 Å². The molecule has 1 aliphatic heterocycles. The minimum absolute atomic E-state index is 0.653. The zero-order valence-corrected chi connectivity index (χ0v) is 10.7. The Balaban J connectivity index is 2.32. The molecule has 0 bridgehead atoms. The maximum absolute atomic E-state index is 5.68. The SMILES string of the molecule is CC(CN)CN1CCCC(C(C)C)CC1. The fourth-order valence-corrected chi connectivity index (χ4v) is 2.55. The molecule has 2 N–H and O–H groups in total. The summed E-state index contributed by atoms with van der Waals surface area (Å²) in [6.45, 7) is 11.6. The topological polar surface area (TPSA) is 29.3 Å². The van der Waals surface area contributed by atoms with Crippen molar-refractivity contribution in [3.05, 3.63) is 0 Å². The molecule has 1 heterocycles. The maximum Gasteiger partial charge on any atom is 0.00191 e. The minimum atomic E-state index is 0.653. The van der Waals surface area contributed by atoms with Crippen molar-refractivity contribution >= 4 is 0 Å². The minimum Gasteiger partial charge on any atom is -0.330 e. The van der Waals surface area contributed by atoms with E-state index < -0.39 is 0 Å². The second-order valence-electron chi connectivity index (χ2n) is 5.58. The van der Waals surface area contributed by atoms with Crippen molar-refractivity contribution in [2.24, 2.45) is 23.5 Å². The Kier molecular flexibility index (Phi) is 5.62. The molecule has 1 aliphatic rings. The average molecular weight is 212 g/mol. The highest BCUT2D eigenvalue weighted by Crippen LogP contribution is 2.24. The van der Waals surface area contributed by atoms with Crippen LogP contribution in [0.4, 0.5) is 0 Å². The molecule has 1 rings (SSSR count). The van der Waals surface area contributed by atoms with E-state index in [0.29, 0.717) is 5.92 Å². The Morgan fingerprint density at radius 3 is 2.53 bits per heavy atom. The number of nitrogens with two attached hydrogens (primary N) is 1. The van der Waals surface area contributed by atoms with Gasteiger partial charge in [-0.2, -0.15) is 0 Å². The first kappa shape index (κ1) is 13.0. The molecule has 0 aromatic carbocycles. The first-order valence-electron chi connectivity index (χ1n) is 6.56. The van der Waals surface area contributed by atoms with Crippen LogP contribution in [0.1, 0.15) is 40.0 Å². The van der Waals surface area contributed by atoms with E-state index >= 15 is 0 Å². The van der Waals surface area contributed by atoms with E-state index in [2.05, 4.69) is 25.7 Å². The van der Waals surface area contributed by atoms with Gasteiger partial charge in [0.05, 0.1) is 0 Å². The van der Waals surface area contributed by atoms with Gasteiger partial charge in [0.15, 0.2) is 0 Å². The quantitative estimate of drug-likeness (QED) is 0.775. The maximum atomic E-state index is 5.68. The van der Waals surface area contributed by atoms with Crippen molar-refractivity contribution in [3.63, 3.8) is 0 Å². The summed E-state index contributed by atoms with van der Waals surface area (Å²) in [6.07, 6.45) is 4.18. The van der Waals surface area contributed by atoms with Gasteiger partial charge in [0.25, 0.3) is 0 Å². The molecule has 0 amide bonds. The fourth-order valence-electron chi connectivity index (χ4n) is 2.55. The van der Waals surface area contributed by atoms with Gasteiger partial charge in [-0.05, 0) is 56.7 Å². The summed E-state index contributed by atoms with van der Waals surface area (Å²) in [7, 11) is 0. The lowest BCUT2D eigenvalue weighted by Crippen LogP contribution is -2.32. The van der Waals surface area contributed by atoms with Gasteiger partial charge in [0.2, 0.25) is 0 Å². The van der Waals surface area contributed by atoms with Crippen molar-refractivity contribution in [3.8, 4) is 0 Å². The second-order valence-corrected chi connectivity index (χ2v) is 5.58. The Labute approximate surface area is 95.2 Å². The van der Waals surface area contributed by atoms with Crippen LogP contribution < -0.4 is 5.73 Å². The third-order valence-corrected chi connectivity index (χ3v) is 3.78. The molecule has 2 atom stereocenters. The molecule has 2 nitrogen and oxygen atoms in total. The van der Waals surface area contributed by atoms with Crippen LogP contribution in [0, 0.1) is 17.8 Å². The first-order chi connectivity index (χ1) is 7.13. The Hall–Kier alpha value is -0.0800. The van der Waals surface area contributed by atoms with E-state index in [1.54, 1.807) is 0 Å². The van der Waals surface area contributed by atoms with Gasteiger partial charge in [-0.1, -0.05) is 20.8 Å². The van der Waals surface area contributed by atoms with E-state index in [-0.39, 0.29) is 0 Å². The molecule has 0 radical (unpaired) electrons. The van der Waals surface area contributed by atoms with Gasteiger partial charge in [-0.15, -0.1) is 0 Å². The lowest BCUT2D eigenvalue weighted by atomic mass is 9.89. The molecule has 2 heteroatoms. The Bertz CT molecular complexity index is 168. The normalized spacial score (nSPS) is 26.6. The smallest absolute Gasteiger partial charge is 0.00191 e. The van der Waals surface area contributed by atoms with E-state index in [4.69, 9.17) is 5.73 Å². The zero-order valence-electron chi connectivity index (χ0n) is 10.7. The predicted octanol–water partition coefficient (Wildman–Crippen LogP) is 2.34. The van der Waals surface area contributed by atoms with Crippen LogP contribution in [0.2, 0.25) is 0 Å². The van der Waals surface area contributed by atoms with Crippen LogP contribution in [0.15, 0.2) is 0 Å². The molecule has 0 aromatic heterocycles. The van der Waals surface area contributed by atoms with E-state index in [1.165, 1.54) is 38.9 Å². The Morgan fingerprint density at radius 1 is 1.20 bits per heavy atom. The van der Waals surface area contributed by atoms with Crippen LogP contribution in [0.5, 0.6) is 0 Å². The molecule has 2 unspecified atom stereocenters. The molecule has 90 valence electrons. The van der Waals surface area contributed by atoms with Crippen LogP contribution in [-0.4, -0.2) is 31.1 Å². The highest BCUT2D eigenvalue weighted by atomic mass is 15.1. The summed E-state index contributed by atoms with van der Waals surface area (Å²) >= 11 is 0. The van der Waals surface area contributed by atoms with E-state index in [1.807, 2.05) is 0 Å². The number of rotatable bonds is 4. The molecule has 0 aliphatic carbocycles. The van der Waals surface area contributed by atoms with Crippen LogP contribution in [0.25, 0.3) is 0 Å². The van der Waals surface area contributed by atoms with Gasteiger partial charge in [0, 0.05) is 6.54 Å². The van der Waals surface area contributed by atoms with Crippen LogP contribution >= 0.6 is 0 Å². The number of nitrogens with zero attached hydrogens (tertiary/aromatic N) is 1. The van der Waals surface area contributed by atoms with Crippen molar-refractivity contribution in [1.82, 2.24) is 4.90 Å². The monoisotopic (exact) mass is 212 g/mol. The van der Waals surface area contributed by atoms with Crippen LogP contribution in [0.3, 0.4) is 0 Å². The highest BCUT2D eigenvalue weighted by Gasteiger charge is 2.19. The van der Waals surface area contributed by atoms with Gasteiger partial charge < -0.3 is 10.6 Å². The molecule has 1 fully saturated rings. The third-order valence-electron chi connectivity index (χ3n) is 3.78. The summed E-state index contributed by atoms with van der Waals surface area (Å²) < 4.78 is 0. The third kappa shape index (κ3) is 4.52. The van der Waals surface area contributed by atoms with Gasteiger partial charge >= 0.3 is 0 Å². The largest absolute Gasteiger partial charge is 0.330 e. The number of hydrogen-bond donors (Lipinski definition) is 1. The standard InChI is InChI=1S/C13H28N2/c1-11(2)13-5-4-7-15(8-6-13)10-12(3)9-14/h11-13H,4-10,14H2,1-3H3. The zero-order chi connectivity index (χ0) is 11.3. The molecular weight excluding hydrogens is 184 g/mol. The number of hydrogen-bond acceptors (Lipinski definition) is 2.